The van der Waals surface area contributed by atoms with Crippen LogP contribution in [-0.4, -0.2) is 0 Å². The molecule has 1 aliphatic carbocycles. The minimum absolute atomic E-state index is 0.0746. The molecule has 0 unspecified atom stereocenters. The fourth-order valence-electron chi connectivity index (χ4n) is 9.23. The Morgan fingerprint density at radius 3 is 1.63 bits per heavy atom. The van der Waals surface area contributed by atoms with Gasteiger partial charge in [-0.3, -0.25) is 0 Å². The van der Waals surface area contributed by atoms with Crippen molar-refractivity contribution in [1.29, 1.82) is 0 Å². The summed E-state index contributed by atoms with van der Waals surface area (Å²) in [7, 11) is 0. The first-order chi connectivity index (χ1) is 24.1. The molecule has 0 radical (unpaired) electrons. The molecule has 0 heterocycles. The van der Waals surface area contributed by atoms with Crippen LogP contribution in [0.2, 0.25) is 0 Å². The molecule has 0 amide bonds. The van der Waals surface area contributed by atoms with E-state index in [2.05, 4.69) is 125 Å². The largest absolute Gasteiger partial charge is 0.0654 e. The lowest BCUT2D eigenvalue weighted by molar-refractivity contribution is 0.398. The molecular formula is C49H56. The summed E-state index contributed by atoms with van der Waals surface area (Å²) in [6.45, 7) is 9.26. The Kier molecular flexibility index (Phi) is 10.2. The van der Waals surface area contributed by atoms with Crippen molar-refractivity contribution in [3.63, 3.8) is 0 Å². The van der Waals surface area contributed by atoms with Crippen LogP contribution in [0.15, 0.2) is 97.1 Å². The summed E-state index contributed by atoms with van der Waals surface area (Å²) < 4.78 is 0. The predicted octanol–water partition coefficient (Wildman–Crippen LogP) is 15.2. The van der Waals surface area contributed by atoms with E-state index in [-0.39, 0.29) is 5.41 Å². The Labute approximate surface area is 296 Å². The van der Waals surface area contributed by atoms with E-state index in [1.54, 1.807) is 11.1 Å². The molecule has 1 aliphatic rings. The maximum absolute atomic E-state index is 2.66. The molecule has 6 aromatic rings. The zero-order chi connectivity index (χ0) is 33.8. The van der Waals surface area contributed by atoms with Gasteiger partial charge in [-0.2, -0.15) is 0 Å². The molecule has 0 atom stereocenters. The number of hydrogen-bond donors (Lipinski definition) is 0. The average molecular weight is 645 g/mol. The molecule has 0 fully saturated rings. The fraction of sp³-hybridized carbons (Fsp3) is 0.388. The smallest absolute Gasteiger partial charge is 0.0215 e. The van der Waals surface area contributed by atoms with Gasteiger partial charge in [0.2, 0.25) is 0 Å². The third-order valence-electron chi connectivity index (χ3n) is 11.9. The van der Waals surface area contributed by atoms with E-state index in [0.29, 0.717) is 0 Å². The van der Waals surface area contributed by atoms with E-state index in [1.807, 2.05) is 0 Å². The first-order valence-corrected chi connectivity index (χ1v) is 19.7. The molecule has 49 heavy (non-hydrogen) atoms. The number of hydrogen-bond acceptors (Lipinski definition) is 0. The fourth-order valence-corrected chi connectivity index (χ4v) is 9.23. The number of aryl methyl sites for hydroxylation is 2. The van der Waals surface area contributed by atoms with Crippen molar-refractivity contribution < 1.29 is 0 Å². The topological polar surface area (TPSA) is 0 Å². The van der Waals surface area contributed by atoms with Crippen LogP contribution in [-0.2, 0) is 5.41 Å². The van der Waals surface area contributed by atoms with Crippen LogP contribution in [0.4, 0.5) is 0 Å². The SMILES string of the molecule is CCCCCCCCC1(CCCCCCCC)c2cc(C)ccc2-c2ccc(-c3c4ccccc4c(C)c4cc5ccccc5cc34)cc21. The highest BCUT2D eigenvalue weighted by Crippen LogP contribution is 2.56. The van der Waals surface area contributed by atoms with Gasteiger partial charge in [0.05, 0.1) is 0 Å². The van der Waals surface area contributed by atoms with Gasteiger partial charge in [0.15, 0.2) is 0 Å². The molecule has 0 bridgehead atoms. The van der Waals surface area contributed by atoms with Gasteiger partial charge in [0.25, 0.3) is 0 Å². The maximum atomic E-state index is 2.66. The highest BCUT2D eigenvalue weighted by molar-refractivity contribution is 6.18. The quantitative estimate of drug-likeness (QED) is 0.0771. The highest BCUT2D eigenvalue weighted by atomic mass is 14.5. The third-order valence-corrected chi connectivity index (χ3v) is 11.9. The van der Waals surface area contributed by atoms with Gasteiger partial charge in [0, 0.05) is 5.41 Å². The van der Waals surface area contributed by atoms with Crippen LogP contribution in [0.1, 0.15) is 126 Å². The monoisotopic (exact) mass is 644 g/mol. The minimum atomic E-state index is 0.0746. The second-order valence-corrected chi connectivity index (χ2v) is 15.2. The van der Waals surface area contributed by atoms with Crippen molar-refractivity contribution in [2.75, 3.05) is 0 Å². The molecule has 0 heteroatoms. The molecule has 0 nitrogen and oxygen atoms in total. The van der Waals surface area contributed by atoms with Crippen LogP contribution in [0.3, 0.4) is 0 Å². The summed E-state index contributed by atoms with van der Waals surface area (Å²) in [5, 5.41) is 8.11. The van der Waals surface area contributed by atoms with Crippen LogP contribution >= 0.6 is 0 Å². The summed E-state index contributed by atoms with van der Waals surface area (Å²) in [5.41, 5.74) is 11.8. The molecule has 7 rings (SSSR count). The summed E-state index contributed by atoms with van der Waals surface area (Å²) in [5.74, 6) is 0. The normalized spacial score (nSPS) is 13.4. The van der Waals surface area contributed by atoms with Crippen LogP contribution < -0.4 is 0 Å². The van der Waals surface area contributed by atoms with Gasteiger partial charge in [0.1, 0.15) is 0 Å². The summed E-state index contributed by atoms with van der Waals surface area (Å²) >= 11 is 0. The molecule has 0 N–H and O–H groups in total. The Balaban J connectivity index is 1.40. The van der Waals surface area contributed by atoms with Gasteiger partial charge < -0.3 is 0 Å². The summed E-state index contributed by atoms with van der Waals surface area (Å²) in [4.78, 5) is 0. The van der Waals surface area contributed by atoms with Crippen molar-refractivity contribution in [2.45, 2.75) is 123 Å². The molecular weight excluding hydrogens is 589 g/mol. The summed E-state index contributed by atoms with van der Waals surface area (Å²) in [6, 6.07) is 37.8. The zero-order valence-corrected chi connectivity index (χ0v) is 30.6. The minimum Gasteiger partial charge on any atom is -0.0654 e. The van der Waals surface area contributed by atoms with Crippen molar-refractivity contribution in [3.8, 4) is 22.3 Å². The Bertz CT molecular complexity index is 2060. The van der Waals surface area contributed by atoms with Gasteiger partial charge in [-0.1, -0.05) is 175 Å². The van der Waals surface area contributed by atoms with E-state index in [9.17, 15) is 0 Å². The van der Waals surface area contributed by atoms with Crippen LogP contribution in [0.25, 0.3) is 54.6 Å². The zero-order valence-electron chi connectivity index (χ0n) is 30.6. The highest BCUT2D eigenvalue weighted by Gasteiger charge is 2.42. The Hall–Kier alpha value is -3.90. The predicted molar refractivity (Wildman–Crippen MR) is 216 cm³/mol. The molecule has 0 saturated heterocycles. The number of rotatable bonds is 15. The van der Waals surface area contributed by atoms with Crippen LogP contribution in [0.5, 0.6) is 0 Å². The van der Waals surface area contributed by atoms with E-state index in [4.69, 9.17) is 0 Å². The van der Waals surface area contributed by atoms with Crippen LogP contribution in [0, 0.1) is 13.8 Å². The molecule has 252 valence electrons. The van der Waals surface area contributed by atoms with Gasteiger partial charge in [-0.25, -0.2) is 0 Å². The lowest BCUT2D eigenvalue weighted by atomic mass is 9.70. The molecule has 0 saturated carbocycles. The second-order valence-electron chi connectivity index (χ2n) is 15.2. The van der Waals surface area contributed by atoms with E-state index >= 15 is 0 Å². The van der Waals surface area contributed by atoms with Crippen molar-refractivity contribution in [2.24, 2.45) is 0 Å². The first-order valence-electron chi connectivity index (χ1n) is 19.7. The maximum Gasteiger partial charge on any atom is 0.0215 e. The summed E-state index contributed by atoms with van der Waals surface area (Å²) in [6.07, 6.45) is 18.6. The Morgan fingerprint density at radius 1 is 0.449 bits per heavy atom. The average Bonchev–Trinajstić information content (AvgIpc) is 3.38. The van der Waals surface area contributed by atoms with Gasteiger partial charge >= 0.3 is 0 Å². The Morgan fingerprint density at radius 2 is 0.980 bits per heavy atom. The third kappa shape index (κ3) is 6.45. The molecule has 0 spiro atoms. The van der Waals surface area contributed by atoms with Gasteiger partial charge in [-0.15, -0.1) is 0 Å². The number of fused-ring (bicyclic) bond motifs is 6. The lowest BCUT2D eigenvalue weighted by Gasteiger charge is -2.33. The van der Waals surface area contributed by atoms with Crippen molar-refractivity contribution in [3.05, 3.63) is 119 Å². The molecule has 0 aromatic heterocycles. The standard InChI is InChI=1S/C49H56/c1-5-7-9-11-13-19-29-49(30-20-14-12-10-8-6-2)46-31-35(3)25-27-41(46)42-28-26-39(34-47(42)49)48-43-24-18-17-23-40(43)36(4)44-32-37-21-15-16-22-38(37)33-45(44)48/h15-18,21-28,31-34H,5-14,19-20,29-30H2,1-4H3. The first kappa shape index (κ1) is 33.6. The lowest BCUT2D eigenvalue weighted by Crippen LogP contribution is -2.25. The number of benzene rings is 6. The molecule has 6 aromatic carbocycles. The van der Waals surface area contributed by atoms with Gasteiger partial charge in [-0.05, 0) is 116 Å². The second kappa shape index (κ2) is 14.9. The van der Waals surface area contributed by atoms with E-state index < -0.39 is 0 Å². The van der Waals surface area contributed by atoms with Crippen molar-refractivity contribution in [1.82, 2.24) is 0 Å². The van der Waals surface area contributed by atoms with Crippen molar-refractivity contribution >= 4 is 32.3 Å². The van der Waals surface area contributed by atoms with E-state index in [1.165, 1.54) is 156 Å². The number of unbranched alkanes of at least 4 members (excludes halogenated alkanes) is 10. The van der Waals surface area contributed by atoms with E-state index in [0.717, 1.165) is 0 Å². The molecule has 0 aliphatic heterocycles.